The topological polar surface area (TPSA) is 42.2 Å². The van der Waals surface area contributed by atoms with Gasteiger partial charge in [0, 0.05) is 18.9 Å². The molecule has 0 aliphatic heterocycles. The molecule has 1 aliphatic rings. The van der Waals surface area contributed by atoms with E-state index in [1.54, 1.807) is 6.20 Å². The average Bonchev–Trinajstić information content (AvgIpc) is 2.87. The Kier molecular flexibility index (Phi) is 3.17. The van der Waals surface area contributed by atoms with Gasteiger partial charge in [-0.2, -0.15) is 5.10 Å². The Morgan fingerprint density at radius 2 is 2.11 bits per heavy atom. The van der Waals surface area contributed by atoms with E-state index in [1.165, 1.54) is 25.7 Å². The van der Waals surface area contributed by atoms with E-state index in [-0.39, 0.29) is 0 Å². The predicted molar refractivity (Wildman–Crippen MR) is 72.6 cm³/mol. The summed E-state index contributed by atoms with van der Waals surface area (Å²) in [5.41, 5.74) is 1.06. The lowest BCUT2D eigenvalue weighted by Crippen LogP contribution is -2.20. The summed E-state index contributed by atoms with van der Waals surface area (Å²) in [4.78, 5) is 4.41. The van der Waals surface area contributed by atoms with E-state index in [0.717, 1.165) is 29.7 Å². The molecular formula is C14H20N4. The molecule has 2 aromatic rings. The van der Waals surface area contributed by atoms with Crippen LogP contribution in [0.1, 0.15) is 32.6 Å². The van der Waals surface area contributed by atoms with Crippen LogP contribution in [0.4, 0.5) is 5.82 Å². The number of nitrogens with one attached hydrogen (secondary N) is 1. The van der Waals surface area contributed by atoms with Crippen molar-refractivity contribution in [3.8, 4) is 0 Å². The number of fused-ring (bicyclic) bond motifs is 1. The summed E-state index contributed by atoms with van der Waals surface area (Å²) in [7, 11) is 0. The maximum atomic E-state index is 4.41. The molecule has 0 bridgehead atoms. The SMILES string of the molecule is CC1CCC(CNc2nccn3nccc23)CC1. The lowest BCUT2D eigenvalue weighted by molar-refractivity contribution is 0.300. The number of anilines is 1. The second kappa shape index (κ2) is 4.96. The summed E-state index contributed by atoms with van der Waals surface area (Å²) >= 11 is 0. The van der Waals surface area contributed by atoms with Gasteiger partial charge < -0.3 is 5.32 Å². The molecule has 1 aliphatic carbocycles. The summed E-state index contributed by atoms with van der Waals surface area (Å²) in [5, 5.41) is 7.71. The van der Waals surface area contributed by atoms with Crippen LogP contribution in [-0.4, -0.2) is 21.1 Å². The predicted octanol–water partition coefficient (Wildman–Crippen LogP) is 2.97. The number of hydrogen-bond acceptors (Lipinski definition) is 3. The van der Waals surface area contributed by atoms with Crippen LogP contribution in [0.3, 0.4) is 0 Å². The van der Waals surface area contributed by atoms with Crippen LogP contribution >= 0.6 is 0 Å². The molecule has 0 unspecified atom stereocenters. The minimum absolute atomic E-state index is 0.797. The Hall–Kier alpha value is -1.58. The molecule has 4 heteroatoms. The molecule has 18 heavy (non-hydrogen) atoms. The van der Waals surface area contributed by atoms with Crippen molar-refractivity contribution >= 4 is 11.3 Å². The summed E-state index contributed by atoms with van der Waals surface area (Å²) < 4.78 is 1.86. The summed E-state index contributed by atoms with van der Waals surface area (Å²) in [5.74, 6) is 2.66. The van der Waals surface area contributed by atoms with E-state index in [0.29, 0.717) is 0 Å². The van der Waals surface area contributed by atoms with Crippen LogP contribution in [-0.2, 0) is 0 Å². The van der Waals surface area contributed by atoms with E-state index < -0.39 is 0 Å². The van der Waals surface area contributed by atoms with Crippen molar-refractivity contribution in [1.82, 2.24) is 14.6 Å². The maximum Gasteiger partial charge on any atom is 0.152 e. The fourth-order valence-corrected chi connectivity index (χ4v) is 2.77. The zero-order valence-electron chi connectivity index (χ0n) is 10.8. The number of aromatic nitrogens is 3. The van der Waals surface area contributed by atoms with Crippen molar-refractivity contribution in [2.75, 3.05) is 11.9 Å². The molecule has 0 radical (unpaired) electrons. The zero-order valence-corrected chi connectivity index (χ0v) is 10.8. The first-order valence-electron chi connectivity index (χ1n) is 6.85. The van der Waals surface area contributed by atoms with Gasteiger partial charge in [0.15, 0.2) is 5.82 Å². The third kappa shape index (κ3) is 2.33. The first-order chi connectivity index (χ1) is 8.83. The minimum atomic E-state index is 0.797. The van der Waals surface area contributed by atoms with E-state index >= 15 is 0 Å². The first kappa shape index (κ1) is 11.5. The smallest absolute Gasteiger partial charge is 0.152 e. The third-order valence-electron chi connectivity index (χ3n) is 4.02. The van der Waals surface area contributed by atoms with Gasteiger partial charge in [0.25, 0.3) is 0 Å². The van der Waals surface area contributed by atoms with Gasteiger partial charge in [-0.15, -0.1) is 0 Å². The summed E-state index contributed by atoms with van der Waals surface area (Å²) in [6, 6.07) is 2.00. The van der Waals surface area contributed by atoms with Gasteiger partial charge in [0.2, 0.25) is 0 Å². The molecule has 1 fully saturated rings. The molecule has 4 nitrogen and oxygen atoms in total. The highest BCUT2D eigenvalue weighted by atomic mass is 15.2. The second-order valence-corrected chi connectivity index (χ2v) is 5.44. The number of nitrogens with zero attached hydrogens (tertiary/aromatic N) is 3. The van der Waals surface area contributed by atoms with Gasteiger partial charge in [-0.1, -0.05) is 19.8 Å². The van der Waals surface area contributed by atoms with Crippen molar-refractivity contribution in [3.63, 3.8) is 0 Å². The quantitative estimate of drug-likeness (QED) is 0.902. The van der Waals surface area contributed by atoms with Gasteiger partial charge in [0.05, 0.1) is 6.20 Å². The van der Waals surface area contributed by atoms with Crippen LogP contribution in [0.25, 0.3) is 5.52 Å². The Morgan fingerprint density at radius 1 is 1.28 bits per heavy atom. The fraction of sp³-hybridized carbons (Fsp3) is 0.571. The molecule has 0 aromatic carbocycles. The largest absolute Gasteiger partial charge is 0.368 e. The van der Waals surface area contributed by atoms with Crippen molar-refractivity contribution < 1.29 is 0 Å². The molecule has 3 rings (SSSR count). The van der Waals surface area contributed by atoms with Crippen molar-refractivity contribution in [2.45, 2.75) is 32.6 Å². The monoisotopic (exact) mass is 244 g/mol. The van der Waals surface area contributed by atoms with Gasteiger partial charge >= 0.3 is 0 Å². The van der Waals surface area contributed by atoms with Gasteiger partial charge in [-0.25, -0.2) is 9.50 Å². The summed E-state index contributed by atoms with van der Waals surface area (Å²) in [6.07, 6.45) is 10.9. The molecule has 0 spiro atoms. The molecule has 1 N–H and O–H groups in total. The lowest BCUT2D eigenvalue weighted by atomic mass is 9.83. The van der Waals surface area contributed by atoms with E-state index in [9.17, 15) is 0 Å². The molecule has 0 saturated heterocycles. The molecule has 0 amide bonds. The van der Waals surface area contributed by atoms with Crippen molar-refractivity contribution in [1.29, 1.82) is 0 Å². The Labute approximate surface area is 107 Å². The molecule has 2 heterocycles. The van der Waals surface area contributed by atoms with E-state index in [4.69, 9.17) is 0 Å². The average molecular weight is 244 g/mol. The van der Waals surface area contributed by atoms with Gasteiger partial charge in [0.1, 0.15) is 5.52 Å². The molecule has 96 valence electrons. The van der Waals surface area contributed by atoms with Gasteiger partial charge in [-0.3, -0.25) is 0 Å². The minimum Gasteiger partial charge on any atom is -0.368 e. The van der Waals surface area contributed by atoms with Crippen LogP contribution in [0.5, 0.6) is 0 Å². The number of rotatable bonds is 3. The van der Waals surface area contributed by atoms with E-state index in [1.807, 2.05) is 23.0 Å². The van der Waals surface area contributed by atoms with Crippen LogP contribution < -0.4 is 5.32 Å². The third-order valence-corrected chi connectivity index (χ3v) is 4.02. The fourth-order valence-electron chi connectivity index (χ4n) is 2.77. The highest BCUT2D eigenvalue weighted by Gasteiger charge is 2.18. The molecule has 0 atom stereocenters. The van der Waals surface area contributed by atoms with Crippen molar-refractivity contribution in [3.05, 3.63) is 24.7 Å². The molecular weight excluding hydrogens is 224 g/mol. The lowest BCUT2D eigenvalue weighted by Gasteiger charge is -2.26. The normalized spacial score (nSPS) is 24.3. The maximum absolute atomic E-state index is 4.41. The Bertz CT molecular complexity index is 511. The summed E-state index contributed by atoms with van der Waals surface area (Å²) in [6.45, 7) is 3.39. The first-order valence-corrected chi connectivity index (χ1v) is 6.85. The van der Waals surface area contributed by atoms with Crippen LogP contribution in [0.2, 0.25) is 0 Å². The van der Waals surface area contributed by atoms with E-state index in [2.05, 4.69) is 22.3 Å². The molecule has 2 aromatic heterocycles. The van der Waals surface area contributed by atoms with Crippen LogP contribution in [0, 0.1) is 11.8 Å². The van der Waals surface area contributed by atoms with Crippen LogP contribution in [0.15, 0.2) is 24.7 Å². The highest BCUT2D eigenvalue weighted by molar-refractivity contribution is 5.66. The zero-order chi connectivity index (χ0) is 12.4. The van der Waals surface area contributed by atoms with Crippen molar-refractivity contribution in [2.24, 2.45) is 11.8 Å². The standard InChI is InChI=1S/C14H20N4/c1-11-2-4-12(5-3-11)10-16-14-13-6-7-17-18(13)9-8-15-14/h6-9,11-12H,2-5,10H2,1H3,(H,15,16). The molecule has 1 saturated carbocycles. The Morgan fingerprint density at radius 3 is 2.94 bits per heavy atom. The highest BCUT2D eigenvalue weighted by Crippen LogP contribution is 2.28. The number of hydrogen-bond donors (Lipinski definition) is 1. The Balaban J connectivity index is 1.64. The second-order valence-electron chi connectivity index (χ2n) is 5.44. The van der Waals surface area contributed by atoms with Gasteiger partial charge in [-0.05, 0) is 30.7 Å².